The molecule has 1 N–H and O–H groups in total. The van der Waals surface area contributed by atoms with Crippen molar-refractivity contribution in [3.63, 3.8) is 0 Å². The van der Waals surface area contributed by atoms with Crippen LogP contribution in [0.5, 0.6) is 5.75 Å². The number of carbonyl (C=O) groups is 8. The molecule has 0 aliphatic carbocycles. The van der Waals surface area contributed by atoms with Crippen molar-refractivity contribution in [3.8, 4) is 5.75 Å². The van der Waals surface area contributed by atoms with Gasteiger partial charge < -0.3 is 14.2 Å². The van der Waals surface area contributed by atoms with Crippen molar-refractivity contribution in [3.05, 3.63) is 71.9 Å². The lowest BCUT2D eigenvalue weighted by molar-refractivity contribution is -0.263. The molecule has 0 saturated heterocycles. The van der Waals surface area contributed by atoms with Gasteiger partial charge in [-0.3, -0.25) is 38.4 Å². The van der Waals surface area contributed by atoms with Crippen molar-refractivity contribution >= 4 is 58.2 Å². The summed E-state index contributed by atoms with van der Waals surface area (Å²) in [5, 5.41) is 2.11. The molecule has 2 aromatic carbocycles. The summed E-state index contributed by atoms with van der Waals surface area (Å²) in [5.41, 5.74) is 2.47. The Bertz CT molecular complexity index is 2030. The number of hydrazine groups is 4. The highest BCUT2D eigenvalue weighted by atomic mass is 19.1. The van der Waals surface area contributed by atoms with Crippen LogP contribution in [0.25, 0.3) is 10.9 Å². The second kappa shape index (κ2) is 21.8. The van der Waals surface area contributed by atoms with E-state index in [2.05, 4.69) is 10.4 Å². The largest absolute Gasteiger partial charge is 0.480 e. The summed E-state index contributed by atoms with van der Waals surface area (Å²) in [6, 6.07) is 10.4. The summed E-state index contributed by atoms with van der Waals surface area (Å²) < 4.78 is 43.8. The van der Waals surface area contributed by atoms with E-state index >= 15 is 0 Å². The lowest BCUT2D eigenvalue weighted by atomic mass is 10.1. The molecule has 1 atom stereocenters. The highest BCUT2D eigenvalue weighted by Gasteiger charge is 2.46. The zero-order valence-electron chi connectivity index (χ0n) is 33.9. The van der Waals surface area contributed by atoms with Crippen LogP contribution in [0.1, 0.15) is 83.6 Å². The van der Waals surface area contributed by atoms with E-state index in [-0.39, 0.29) is 12.1 Å². The average Bonchev–Trinajstić information content (AvgIpc) is 3.19. The number of pyridine rings is 1. The van der Waals surface area contributed by atoms with Gasteiger partial charge in [0, 0.05) is 31.1 Å². The number of hydrogen-bond acceptors (Lipinski definition) is 12. The number of nitrogens with zero attached hydrogens (tertiary/aromatic N) is 5. The van der Waals surface area contributed by atoms with Crippen molar-refractivity contribution in [2.45, 2.75) is 79.2 Å². The van der Waals surface area contributed by atoms with Crippen molar-refractivity contribution in [2.75, 3.05) is 20.8 Å². The molecular weight excluding hydrogens is 778 g/mol. The maximum atomic E-state index is 14.6. The lowest BCUT2D eigenvalue weighted by Crippen LogP contribution is -2.72. The van der Waals surface area contributed by atoms with Gasteiger partial charge in [0.05, 0.1) is 32.6 Å². The van der Waals surface area contributed by atoms with Crippen molar-refractivity contribution in [1.82, 2.24) is 30.8 Å². The minimum atomic E-state index is -2.11. The minimum absolute atomic E-state index is 0.245. The van der Waals surface area contributed by atoms with Crippen LogP contribution in [0.2, 0.25) is 0 Å². The van der Waals surface area contributed by atoms with Gasteiger partial charge in [-0.25, -0.2) is 24.2 Å². The molecule has 0 spiro atoms. The van der Waals surface area contributed by atoms with Crippen LogP contribution < -0.4 is 10.2 Å². The van der Waals surface area contributed by atoms with Gasteiger partial charge >= 0.3 is 11.9 Å². The number of aromatic nitrogens is 1. The van der Waals surface area contributed by atoms with E-state index in [9.17, 15) is 47.1 Å². The van der Waals surface area contributed by atoms with Crippen LogP contribution in [0.15, 0.2) is 54.6 Å². The number of amides is 5. The number of halogens is 2. The van der Waals surface area contributed by atoms with Crippen LogP contribution in [0, 0.1) is 23.5 Å². The third-order valence-corrected chi connectivity index (χ3v) is 8.32. The van der Waals surface area contributed by atoms with Crippen molar-refractivity contribution in [1.29, 1.82) is 0 Å². The normalized spacial score (nSPS) is 11.4. The second-order valence-corrected chi connectivity index (χ2v) is 13.9. The zero-order valence-corrected chi connectivity index (χ0v) is 33.9. The standard InChI is InChI=1S/C40H48F2N6O11/c1-8-33(50)45(31(22-38(55)58-7)32(49)23-59-39-27(41)13-11-14-28(39)42)47(36(53)21-25(4)5)48(34(51)18-19-37(54)57-6)46(35(52)20-24(2)3)44-40(56)30-17-16-26-12-9-10-15-29(26)43-30/h9-17,24-25,31H,8,18-23H2,1-7H3,(H,44,56)/t31-/m1/s1. The highest BCUT2D eigenvalue weighted by Crippen LogP contribution is 2.25. The number of nitrogens with one attached hydrogen (secondary N) is 1. The first-order valence-electron chi connectivity index (χ1n) is 18.6. The molecule has 17 nitrogen and oxygen atoms in total. The molecular formula is C40H48F2N6O11. The third-order valence-electron chi connectivity index (χ3n) is 8.32. The van der Waals surface area contributed by atoms with Gasteiger partial charge in [0.25, 0.3) is 23.6 Å². The first-order valence-corrected chi connectivity index (χ1v) is 18.6. The van der Waals surface area contributed by atoms with Crippen molar-refractivity contribution < 1.29 is 61.3 Å². The number of para-hydroxylation sites is 2. The molecule has 3 rings (SSSR count). The Labute approximate surface area is 339 Å². The molecule has 0 bridgehead atoms. The monoisotopic (exact) mass is 826 g/mol. The molecule has 1 aromatic heterocycles. The molecule has 0 aliphatic heterocycles. The first-order chi connectivity index (χ1) is 27.9. The maximum Gasteiger partial charge on any atom is 0.308 e. The number of ketones is 1. The fraction of sp³-hybridized carbons (Fsp3) is 0.425. The maximum absolute atomic E-state index is 14.6. The Morgan fingerprint density at radius 2 is 1.31 bits per heavy atom. The van der Waals surface area contributed by atoms with Gasteiger partial charge in [-0.05, 0) is 36.1 Å². The van der Waals surface area contributed by atoms with Crippen LogP contribution >= 0.6 is 0 Å². The number of carbonyl (C=O) groups excluding carboxylic acids is 8. The Morgan fingerprint density at radius 1 is 0.695 bits per heavy atom. The van der Waals surface area contributed by atoms with Gasteiger partial charge in [0.15, 0.2) is 23.2 Å². The number of methoxy groups -OCH3 is 2. The third kappa shape index (κ3) is 12.7. The van der Waals surface area contributed by atoms with Crippen molar-refractivity contribution in [2.24, 2.45) is 11.8 Å². The van der Waals surface area contributed by atoms with E-state index in [0.717, 1.165) is 32.4 Å². The molecule has 3 aromatic rings. The van der Waals surface area contributed by atoms with E-state index in [1.54, 1.807) is 58.0 Å². The van der Waals surface area contributed by atoms with Crippen LogP contribution in [0.4, 0.5) is 8.78 Å². The molecule has 0 radical (unpaired) electrons. The Morgan fingerprint density at radius 3 is 1.90 bits per heavy atom. The van der Waals surface area contributed by atoms with Crippen LogP contribution in [-0.2, 0) is 43.0 Å². The molecule has 0 fully saturated rings. The van der Waals surface area contributed by atoms with Gasteiger partial charge in [-0.2, -0.15) is 0 Å². The Balaban J connectivity index is 2.35. The van der Waals surface area contributed by atoms with E-state index in [0.29, 0.717) is 31.3 Å². The zero-order chi connectivity index (χ0) is 44.0. The topological polar surface area (TPSA) is 202 Å². The number of rotatable bonds is 16. The van der Waals surface area contributed by atoms with Crippen LogP contribution in [-0.4, -0.2) is 99.5 Å². The molecule has 19 heteroatoms. The molecule has 0 unspecified atom stereocenters. The number of Topliss-reactive ketones (excluding diaryl/α,β-unsaturated/α-hetero) is 1. The SMILES string of the molecule is CCC(=O)N([C@H](CC(=O)OC)C(=O)COc1c(F)cccc1F)N(C(=O)CC(C)C)N(C(=O)CCC(=O)OC)N(NC(=O)c1ccc2ccccc2n1)C(=O)CC(C)C. The van der Waals surface area contributed by atoms with Gasteiger partial charge in [0.1, 0.15) is 18.3 Å². The fourth-order valence-corrected chi connectivity index (χ4v) is 5.47. The molecule has 59 heavy (non-hydrogen) atoms. The summed E-state index contributed by atoms with van der Waals surface area (Å²) >= 11 is 0. The first kappa shape index (κ1) is 46.8. The van der Waals surface area contributed by atoms with E-state index in [1.807, 2.05) is 0 Å². The van der Waals surface area contributed by atoms with Crippen LogP contribution in [0.3, 0.4) is 0 Å². The number of benzene rings is 2. The fourth-order valence-electron chi connectivity index (χ4n) is 5.47. The molecule has 318 valence electrons. The second-order valence-electron chi connectivity index (χ2n) is 13.9. The quantitative estimate of drug-likeness (QED) is 0.159. The molecule has 0 saturated carbocycles. The summed E-state index contributed by atoms with van der Waals surface area (Å²) in [7, 11) is 2.02. The van der Waals surface area contributed by atoms with Gasteiger partial charge in [0.2, 0.25) is 5.91 Å². The van der Waals surface area contributed by atoms with Gasteiger partial charge in [-0.1, -0.05) is 65.0 Å². The van der Waals surface area contributed by atoms with E-state index in [1.165, 1.54) is 13.0 Å². The minimum Gasteiger partial charge on any atom is -0.480 e. The molecule has 5 amide bonds. The summed E-state index contributed by atoms with van der Waals surface area (Å²) in [4.78, 5) is 115. The Hall–Kier alpha value is -6.53. The number of ether oxygens (including phenoxy) is 3. The number of hydrogen-bond donors (Lipinski definition) is 1. The van der Waals surface area contributed by atoms with E-state index < -0.39 is 121 Å². The predicted molar refractivity (Wildman–Crippen MR) is 204 cm³/mol. The lowest BCUT2D eigenvalue weighted by Gasteiger charge is -2.47. The summed E-state index contributed by atoms with van der Waals surface area (Å²) in [6.07, 6.45) is -3.79. The van der Waals surface area contributed by atoms with Gasteiger partial charge in [-0.15, -0.1) is 15.4 Å². The smallest absolute Gasteiger partial charge is 0.308 e. The van der Waals surface area contributed by atoms with E-state index in [4.69, 9.17) is 14.2 Å². The summed E-state index contributed by atoms with van der Waals surface area (Å²) in [5.74, 6) is -13.0. The molecule has 0 aliphatic rings. The molecule has 1 heterocycles. The summed E-state index contributed by atoms with van der Waals surface area (Å²) in [6.45, 7) is 6.64. The number of esters is 2. The number of fused-ring (bicyclic) bond motifs is 1. The Kier molecular flexibility index (Phi) is 17.3. The highest BCUT2D eigenvalue weighted by molar-refractivity contribution is 5.97. The average molecular weight is 827 g/mol. The predicted octanol–water partition coefficient (Wildman–Crippen LogP) is 4.25.